The molecule has 1 saturated heterocycles. The molecule has 1 fully saturated rings. The van der Waals surface area contributed by atoms with Crippen molar-refractivity contribution in [2.24, 2.45) is 0 Å². The second kappa shape index (κ2) is 8.07. The highest BCUT2D eigenvalue weighted by molar-refractivity contribution is 7.99. The van der Waals surface area contributed by atoms with E-state index in [1.807, 2.05) is 18.2 Å². The fourth-order valence-corrected chi connectivity index (χ4v) is 3.29. The first kappa shape index (κ1) is 16.7. The molecule has 0 spiro atoms. The standard InChI is InChI=1S/C16H19N5O2S/c22-13-10-21(15(23)11-24-14-4-1-2-6-17-14)9-5-12(13)20-16-18-7-3-8-19-16/h1-4,6-8,12-13,22H,5,9-11H2,(H,18,19,20)/t12-,13-/m1/s1. The van der Waals surface area contributed by atoms with E-state index < -0.39 is 6.10 Å². The zero-order valence-corrected chi connectivity index (χ0v) is 13.9. The minimum absolute atomic E-state index is 0.0131. The van der Waals surface area contributed by atoms with Gasteiger partial charge in [0.25, 0.3) is 0 Å². The van der Waals surface area contributed by atoms with Gasteiger partial charge in [-0.2, -0.15) is 0 Å². The molecule has 3 heterocycles. The smallest absolute Gasteiger partial charge is 0.233 e. The Morgan fingerprint density at radius 2 is 2.04 bits per heavy atom. The first-order chi connectivity index (χ1) is 11.7. The van der Waals surface area contributed by atoms with Crippen LogP contribution in [0.15, 0.2) is 47.9 Å². The molecule has 0 bridgehead atoms. The lowest BCUT2D eigenvalue weighted by Gasteiger charge is -2.36. The number of piperidine rings is 1. The van der Waals surface area contributed by atoms with Crippen molar-refractivity contribution in [1.29, 1.82) is 0 Å². The highest BCUT2D eigenvalue weighted by Crippen LogP contribution is 2.18. The third-order valence-electron chi connectivity index (χ3n) is 3.80. The van der Waals surface area contributed by atoms with Gasteiger partial charge >= 0.3 is 0 Å². The Hall–Kier alpha value is -2.19. The van der Waals surface area contributed by atoms with Gasteiger partial charge in [0, 0.05) is 31.7 Å². The summed E-state index contributed by atoms with van der Waals surface area (Å²) in [5, 5.41) is 14.2. The Morgan fingerprint density at radius 3 is 2.75 bits per heavy atom. The quantitative estimate of drug-likeness (QED) is 0.782. The van der Waals surface area contributed by atoms with Gasteiger partial charge in [0.15, 0.2) is 0 Å². The van der Waals surface area contributed by atoms with Crippen molar-refractivity contribution in [3.63, 3.8) is 0 Å². The molecule has 1 aliphatic heterocycles. The number of β-amino-alcohol motifs (C(OH)–C–C–N with tert-alkyl or cyclic N) is 1. The van der Waals surface area contributed by atoms with Gasteiger partial charge in [0.1, 0.15) is 0 Å². The Kier molecular flexibility index (Phi) is 5.60. The molecule has 2 atom stereocenters. The predicted octanol–water partition coefficient (Wildman–Crippen LogP) is 1.04. The van der Waals surface area contributed by atoms with Crippen molar-refractivity contribution in [3.05, 3.63) is 42.9 Å². The molecule has 2 aromatic rings. The number of nitrogens with one attached hydrogen (secondary N) is 1. The van der Waals surface area contributed by atoms with Crippen LogP contribution in [0.1, 0.15) is 6.42 Å². The highest BCUT2D eigenvalue weighted by Gasteiger charge is 2.30. The monoisotopic (exact) mass is 345 g/mol. The number of aliphatic hydroxyl groups is 1. The van der Waals surface area contributed by atoms with Crippen molar-refractivity contribution >= 4 is 23.6 Å². The number of nitrogens with zero attached hydrogens (tertiary/aromatic N) is 4. The number of carbonyl (C=O) groups excluding carboxylic acids is 1. The number of hydrogen-bond donors (Lipinski definition) is 2. The van der Waals surface area contributed by atoms with Gasteiger partial charge < -0.3 is 15.3 Å². The lowest BCUT2D eigenvalue weighted by molar-refractivity contribution is -0.131. The molecule has 3 rings (SSSR count). The number of amides is 1. The molecule has 126 valence electrons. The summed E-state index contributed by atoms with van der Waals surface area (Å²) >= 11 is 1.41. The number of hydrogen-bond acceptors (Lipinski definition) is 7. The Morgan fingerprint density at radius 1 is 1.25 bits per heavy atom. The molecule has 0 aliphatic carbocycles. The van der Waals surface area contributed by atoms with Gasteiger partial charge in [-0.05, 0) is 24.6 Å². The summed E-state index contributed by atoms with van der Waals surface area (Å²) in [5.74, 6) is 0.829. The van der Waals surface area contributed by atoms with Gasteiger partial charge in [0.2, 0.25) is 11.9 Å². The highest BCUT2D eigenvalue weighted by atomic mass is 32.2. The van der Waals surface area contributed by atoms with E-state index in [4.69, 9.17) is 0 Å². The molecule has 7 nitrogen and oxygen atoms in total. The molecule has 0 radical (unpaired) electrons. The van der Waals surface area contributed by atoms with E-state index in [0.29, 0.717) is 31.2 Å². The zero-order valence-electron chi connectivity index (χ0n) is 13.1. The lowest BCUT2D eigenvalue weighted by atomic mass is 10.0. The molecule has 0 unspecified atom stereocenters. The molecule has 2 N–H and O–H groups in total. The maximum atomic E-state index is 12.3. The molecule has 0 aromatic carbocycles. The van der Waals surface area contributed by atoms with Crippen LogP contribution in [0.4, 0.5) is 5.95 Å². The minimum atomic E-state index is -0.647. The number of aromatic nitrogens is 3. The van der Waals surface area contributed by atoms with Crippen LogP contribution in [0.2, 0.25) is 0 Å². The minimum Gasteiger partial charge on any atom is -0.389 e. The fourth-order valence-electron chi connectivity index (χ4n) is 2.53. The van der Waals surface area contributed by atoms with Crippen LogP contribution in [-0.2, 0) is 4.79 Å². The third-order valence-corrected chi connectivity index (χ3v) is 4.72. The second-order valence-electron chi connectivity index (χ2n) is 5.48. The number of likely N-dealkylation sites (tertiary alicyclic amines) is 1. The van der Waals surface area contributed by atoms with E-state index in [1.165, 1.54) is 11.8 Å². The Balaban J connectivity index is 1.48. The van der Waals surface area contributed by atoms with E-state index in [1.54, 1.807) is 29.6 Å². The average Bonchev–Trinajstić information content (AvgIpc) is 2.63. The van der Waals surface area contributed by atoms with Crippen LogP contribution >= 0.6 is 11.8 Å². The second-order valence-corrected chi connectivity index (χ2v) is 6.47. The van der Waals surface area contributed by atoms with E-state index >= 15 is 0 Å². The van der Waals surface area contributed by atoms with E-state index in [9.17, 15) is 9.90 Å². The molecule has 8 heteroatoms. The number of pyridine rings is 1. The molecular formula is C16H19N5O2S. The molecule has 1 amide bonds. The first-order valence-corrected chi connectivity index (χ1v) is 8.74. The summed E-state index contributed by atoms with van der Waals surface area (Å²) in [4.78, 5) is 26.4. The Bertz CT molecular complexity index is 658. The molecule has 0 saturated carbocycles. The van der Waals surface area contributed by atoms with E-state index in [-0.39, 0.29) is 11.9 Å². The van der Waals surface area contributed by atoms with Gasteiger partial charge in [-0.1, -0.05) is 17.8 Å². The van der Waals surface area contributed by atoms with E-state index in [0.717, 1.165) is 5.03 Å². The van der Waals surface area contributed by atoms with Gasteiger partial charge in [-0.15, -0.1) is 0 Å². The number of aliphatic hydroxyl groups excluding tert-OH is 1. The first-order valence-electron chi connectivity index (χ1n) is 7.75. The number of thioether (sulfide) groups is 1. The van der Waals surface area contributed by atoms with Gasteiger partial charge in [-0.3, -0.25) is 4.79 Å². The molecular weight excluding hydrogens is 326 g/mol. The fraction of sp³-hybridized carbons (Fsp3) is 0.375. The topological polar surface area (TPSA) is 91.2 Å². The van der Waals surface area contributed by atoms with Crippen molar-refractivity contribution < 1.29 is 9.90 Å². The summed E-state index contributed by atoms with van der Waals surface area (Å²) in [7, 11) is 0. The summed E-state index contributed by atoms with van der Waals surface area (Å²) in [6.45, 7) is 0.912. The normalized spacial score (nSPS) is 20.6. The van der Waals surface area contributed by atoms with Gasteiger partial charge in [0.05, 0.1) is 22.9 Å². The summed E-state index contributed by atoms with van der Waals surface area (Å²) in [6, 6.07) is 7.20. The average molecular weight is 345 g/mol. The third kappa shape index (κ3) is 4.42. The molecule has 24 heavy (non-hydrogen) atoms. The zero-order chi connectivity index (χ0) is 16.8. The summed E-state index contributed by atoms with van der Waals surface area (Å²) in [6.07, 6.45) is 5.01. The van der Waals surface area contributed by atoms with Crippen molar-refractivity contribution in [2.75, 3.05) is 24.2 Å². The number of rotatable bonds is 5. The predicted molar refractivity (Wildman–Crippen MR) is 91.6 cm³/mol. The lowest BCUT2D eigenvalue weighted by Crippen LogP contribution is -2.52. The number of carbonyl (C=O) groups is 1. The largest absolute Gasteiger partial charge is 0.389 e. The summed E-state index contributed by atoms with van der Waals surface area (Å²) < 4.78 is 0. The SMILES string of the molecule is O=C(CSc1ccccn1)N1CC[C@@H](Nc2ncccn2)[C@H](O)C1. The van der Waals surface area contributed by atoms with Crippen molar-refractivity contribution in [3.8, 4) is 0 Å². The van der Waals surface area contributed by atoms with Crippen LogP contribution in [0, 0.1) is 0 Å². The van der Waals surface area contributed by atoms with Crippen LogP contribution in [-0.4, -0.2) is 61.9 Å². The molecule has 1 aliphatic rings. The maximum absolute atomic E-state index is 12.3. The number of anilines is 1. The van der Waals surface area contributed by atoms with Gasteiger partial charge in [-0.25, -0.2) is 15.0 Å². The van der Waals surface area contributed by atoms with E-state index in [2.05, 4.69) is 20.3 Å². The Labute approximate surface area is 144 Å². The van der Waals surface area contributed by atoms with Crippen LogP contribution < -0.4 is 5.32 Å². The van der Waals surface area contributed by atoms with Crippen molar-refractivity contribution in [2.45, 2.75) is 23.6 Å². The van der Waals surface area contributed by atoms with Crippen molar-refractivity contribution in [1.82, 2.24) is 19.9 Å². The maximum Gasteiger partial charge on any atom is 0.233 e. The molecule has 2 aromatic heterocycles. The van der Waals surface area contributed by atoms with Crippen LogP contribution in [0.3, 0.4) is 0 Å². The van der Waals surface area contributed by atoms with Crippen LogP contribution in [0.5, 0.6) is 0 Å². The van der Waals surface area contributed by atoms with Crippen LogP contribution in [0.25, 0.3) is 0 Å². The summed E-state index contributed by atoms with van der Waals surface area (Å²) in [5.41, 5.74) is 0.